The van der Waals surface area contributed by atoms with E-state index in [1.165, 1.54) is 38.5 Å². The lowest BCUT2D eigenvalue weighted by Gasteiger charge is -2.18. The fraction of sp³-hybridized carbons (Fsp3) is 0.545. The van der Waals surface area contributed by atoms with E-state index in [0.717, 1.165) is 167 Å². The molecule has 0 aromatic rings. The fourth-order valence-electron chi connectivity index (χ4n) is 8.29. The van der Waals surface area contributed by atoms with Crippen molar-refractivity contribution in [1.29, 1.82) is 0 Å². The fourth-order valence-corrected chi connectivity index (χ4v) is 8.29. The lowest BCUT2D eigenvalue weighted by atomic mass is 10.1. The second-order valence-electron chi connectivity index (χ2n) is 20.9. The van der Waals surface area contributed by atoms with Gasteiger partial charge in [0.15, 0.2) is 6.10 Å². The van der Waals surface area contributed by atoms with E-state index in [-0.39, 0.29) is 37.5 Å². The van der Waals surface area contributed by atoms with Crippen LogP contribution in [0, 0.1) is 0 Å². The Bertz CT molecular complexity index is 1990. The van der Waals surface area contributed by atoms with E-state index in [0.29, 0.717) is 19.3 Å². The summed E-state index contributed by atoms with van der Waals surface area (Å²) < 4.78 is 16.8. The van der Waals surface area contributed by atoms with Crippen molar-refractivity contribution in [1.82, 2.24) is 0 Å². The molecule has 0 saturated carbocycles. The predicted molar refractivity (Wildman–Crippen MR) is 361 cm³/mol. The maximum Gasteiger partial charge on any atom is 0.306 e. The Morgan fingerprint density at radius 2 is 0.458 bits per heavy atom. The van der Waals surface area contributed by atoms with Crippen molar-refractivity contribution in [2.75, 3.05) is 13.2 Å². The second kappa shape index (κ2) is 68.7. The van der Waals surface area contributed by atoms with Crippen molar-refractivity contribution < 1.29 is 28.6 Å². The molecule has 0 fully saturated rings. The normalized spacial score (nSPS) is 13.4. The Kier molecular flexibility index (Phi) is 64.0. The van der Waals surface area contributed by atoms with Gasteiger partial charge >= 0.3 is 17.9 Å². The molecular weight excluding hydrogens is 1020 g/mol. The quantitative estimate of drug-likeness (QED) is 0.0261. The lowest BCUT2D eigenvalue weighted by molar-refractivity contribution is -0.166. The number of carbonyl (C=O) groups is 3. The molecule has 0 aliphatic carbocycles. The Labute approximate surface area is 509 Å². The number of carbonyl (C=O) groups excluding carboxylic acids is 3. The highest BCUT2D eigenvalue weighted by atomic mass is 16.6. The van der Waals surface area contributed by atoms with Crippen molar-refractivity contribution in [3.05, 3.63) is 194 Å². The van der Waals surface area contributed by atoms with Crippen LogP contribution in [-0.4, -0.2) is 37.2 Å². The monoisotopic (exact) mass is 1140 g/mol. The van der Waals surface area contributed by atoms with Gasteiger partial charge in [0.1, 0.15) is 13.2 Å². The van der Waals surface area contributed by atoms with Gasteiger partial charge in [0.25, 0.3) is 0 Å². The Hall–Kier alpha value is -5.75. The third kappa shape index (κ3) is 66.9. The number of hydrogen-bond donors (Lipinski definition) is 0. The minimum absolute atomic E-state index is 0.123. The molecule has 0 aromatic heterocycles. The van der Waals surface area contributed by atoms with Crippen LogP contribution in [0.5, 0.6) is 0 Å². The molecule has 1 unspecified atom stereocenters. The van der Waals surface area contributed by atoms with Gasteiger partial charge in [-0.3, -0.25) is 14.4 Å². The number of ether oxygens (including phenoxy) is 3. The summed E-state index contributed by atoms with van der Waals surface area (Å²) in [4.78, 5) is 38.3. The summed E-state index contributed by atoms with van der Waals surface area (Å²) in [5.41, 5.74) is 0. The highest BCUT2D eigenvalue weighted by Gasteiger charge is 2.19. The highest BCUT2D eigenvalue weighted by molar-refractivity contribution is 5.71. The van der Waals surface area contributed by atoms with E-state index in [4.69, 9.17) is 14.2 Å². The molecule has 83 heavy (non-hydrogen) atoms. The lowest BCUT2D eigenvalue weighted by Crippen LogP contribution is -2.30. The number of unbranched alkanes of at least 4 members (excludes halogenated alkanes) is 14. The van der Waals surface area contributed by atoms with E-state index < -0.39 is 6.10 Å². The van der Waals surface area contributed by atoms with Crippen LogP contribution in [0.25, 0.3) is 0 Å². The number of esters is 3. The molecule has 6 nitrogen and oxygen atoms in total. The van der Waals surface area contributed by atoms with Crippen LogP contribution >= 0.6 is 0 Å². The van der Waals surface area contributed by atoms with Crippen molar-refractivity contribution in [3.8, 4) is 0 Å². The summed E-state index contributed by atoms with van der Waals surface area (Å²) in [7, 11) is 0. The Morgan fingerprint density at radius 1 is 0.241 bits per heavy atom. The van der Waals surface area contributed by atoms with Crippen LogP contribution in [0.4, 0.5) is 0 Å². The van der Waals surface area contributed by atoms with E-state index in [1.54, 1.807) is 0 Å². The van der Waals surface area contributed by atoms with Gasteiger partial charge in [0, 0.05) is 19.3 Å². The average Bonchev–Trinajstić information content (AvgIpc) is 3.49. The zero-order valence-electron chi connectivity index (χ0n) is 52.9. The van der Waals surface area contributed by atoms with Gasteiger partial charge in [0.05, 0.1) is 0 Å². The molecule has 0 N–H and O–H groups in total. The molecule has 0 amide bonds. The molecule has 0 rings (SSSR count). The zero-order chi connectivity index (χ0) is 59.9. The van der Waals surface area contributed by atoms with Crippen molar-refractivity contribution in [3.63, 3.8) is 0 Å². The second-order valence-corrected chi connectivity index (χ2v) is 20.9. The summed E-state index contributed by atoms with van der Waals surface area (Å²) >= 11 is 0. The molecule has 0 heterocycles. The molecule has 0 aliphatic rings. The molecule has 0 saturated heterocycles. The van der Waals surface area contributed by atoms with E-state index in [2.05, 4.69) is 203 Å². The largest absolute Gasteiger partial charge is 0.462 e. The first kappa shape index (κ1) is 77.2. The smallest absolute Gasteiger partial charge is 0.306 e. The Balaban J connectivity index is 4.46. The predicted octanol–water partition coefficient (Wildman–Crippen LogP) is 23.0. The van der Waals surface area contributed by atoms with Gasteiger partial charge in [-0.05, 0) is 148 Å². The van der Waals surface area contributed by atoms with Gasteiger partial charge in [-0.15, -0.1) is 0 Å². The van der Waals surface area contributed by atoms with Crippen LogP contribution in [0.15, 0.2) is 194 Å². The van der Waals surface area contributed by atoms with Gasteiger partial charge in [-0.1, -0.05) is 279 Å². The maximum absolute atomic E-state index is 12.9. The first-order chi connectivity index (χ1) is 41.0. The Morgan fingerprint density at radius 3 is 0.747 bits per heavy atom. The first-order valence-corrected chi connectivity index (χ1v) is 32.9. The van der Waals surface area contributed by atoms with Crippen LogP contribution < -0.4 is 0 Å². The standard InChI is InChI=1S/C77H118O6/c1-4-7-10-13-16-19-22-25-27-29-31-33-35-37-38-40-41-43-45-47-49-52-55-58-61-64-67-70-76(79)82-73-74(72-81-75(78)69-66-63-60-57-54-51-24-21-18-15-12-9-6-3)83-77(80)71-68-65-62-59-56-53-50-48-46-44-42-39-36-34-32-30-28-26-23-20-17-14-11-8-5-2/h7-12,16-21,25-28,31-34,37-39,41-43,47,49,51,54,60,63,74H,4-6,13-15,22-24,29-30,35-36,40,44-46,48,50,52-53,55-59,61-62,64-73H2,1-3H3/b10-7-,11-8-,12-9-,19-16-,20-17-,21-18-,27-25-,28-26-,33-31-,34-32-,38-37-,42-39-,43-41-,49-47-,54-51-,63-60-. The van der Waals surface area contributed by atoms with Crippen molar-refractivity contribution in [2.24, 2.45) is 0 Å². The van der Waals surface area contributed by atoms with Crippen LogP contribution in [-0.2, 0) is 28.6 Å². The molecule has 0 bridgehead atoms. The molecule has 0 spiro atoms. The third-order valence-corrected chi connectivity index (χ3v) is 13.1. The van der Waals surface area contributed by atoms with Gasteiger partial charge in [0.2, 0.25) is 0 Å². The van der Waals surface area contributed by atoms with Crippen molar-refractivity contribution >= 4 is 17.9 Å². The molecule has 462 valence electrons. The summed E-state index contributed by atoms with van der Waals surface area (Å²) in [6.45, 7) is 6.20. The molecule has 0 aromatic carbocycles. The summed E-state index contributed by atoms with van der Waals surface area (Å²) in [6, 6.07) is 0. The molecule has 0 radical (unpaired) electrons. The SMILES string of the molecule is CC/C=C\C/C=C\C/C=C\C/C=C\C/C=C\C/C=C\C/C=C\CCCCCCCC(=O)OCC(COC(=O)CC/C=C\C/C=C\C/C=C\C/C=C\CC)OC(=O)CCCCCCCCCCC/C=C\C/C=C\C/C=C\C/C=C\C/C=C\CC. The minimum atomic E-state index is -0.832. The zero-order valence-corrected chi connectivity index (χ0v) is 52.9. The molecule has 0 aliphatic heterocycles. The van der Waals surface area contributed by atoms with E-state index in [1.807, 2.05) is 12.2 Å². The van der Waals surface area contributed by atoms with Crippen LogP contribution in [0.3, 0.4) is 0 Å². The van der Waals surface area contributed by atoms with Gasteiger partial charge < -0.3 is 14.2 Å². The minimum Gasteiger partial charge on any atom is -0.462 e. The number of rotatable bonds is 57. The van der Waals surface area contributed by atoms with Gasteiger partial charge in [-0.25, -0.2) is 0 Å². The number of allylic oxidation sites excluding steroid dienone is 32. The van der Waals surface area contributed by atoms with Crippen LogP contribution in [0.1, 0.15) is 252 Å². The summed E-state index contributed by atoms with van der Waals surface area (Å²) in [5.74, 6) is -1.04. The molecular formula is C77H118O6. The molecule has 1 atom stereocenters. The van der Waals surface area contributed by atoms with Gasteiger partial charge in [-0.2, -0.15) is 0 Å². The van der Waals surface area contributed by atoms with Crippen LogP contribution in [0.2, 0.25) is 0 Å². The average molecular weight is 1140 g/mol. The van der Waals surface area contributed by atoms with E-state index >= 15 is 0 Å². The summed E-state index contributed by atoms with van der Waals surface area (Å²) in [6.07, 6.45) is 105. The van der Waals surface area contributed by atoms with E-state index in [9.17, 15) is 14.4 Å². The first-order valence-electron chi connectivity index (χ1n) is 32.9. The molecule has 6 heteroatoms. The summed E-state index contributed by atoms with van der Waals surface area (Å²) in [5, 5.41) is 0. The topological polar surface area (TPSA) is 78.9 Å². The highest BCUT2D eigenvalue weighted by Crippen LogP contribution is 2.14. The number of hydrogen-bond acceptors (Lipinski definition) is 6. The third-order valence-electron chi connectivity index (χ3n) is 13.1. The van der Waals surface area contributed by atoms with Crippen molar-refractivity contribution in [2.45, 2.75) is 258 Å². The maximum atomic E-state index is 12.9.